The van der Waals surface area contributed by atoms with Crippen molar-refractivity contribution in [2.45, 2.75) is 0 Å². The Bertz CT molecular complexity index is 346. The molecule has 10 N–H and O–H groups in total. The summed E-state index contributed by atoms with van der Waals surface area (Å²) in [6.07, 6.45) is 0. The Morgan fingerprint density at radius 3 is 1.57 bits per heavy atom. The van der Waals surface area contributed by atoms with E-state index in [9.17, 15) is 14.0 Å². The third-order valence-corrected chi connectivity index (χ3v) is 4.17. The average molecular weight is 352 g/mol. The highest BCUT2D eigenvalue weighted by Crippen LogP contribution is 2.62. The molecule has 128 valence electrons. The normalized spacial score (nSPS) is 15.0. The van der Waals surface area contributed by atoms with Crippen LogP contribution in [0.2, 0.25) is 0 Å². The summed E-state index contributed by atoms with van der Waals surface area (Å²) >= 11 is 0. The average Bonchev–Trinajstić information content (AvgIpc) is 2.39. The molecule has 0 bridgehead atoms. The second-order valence-electron chi connectivity index (χ2n) is 3.32. The van der Waals surface area contributed by atoms with E-state index in [1.807, 2.05) is 0 Å². The third-order valence-electron chi connectivity index (χ3n) is 1.47. The van der Waals surface area contributed by atoms with Gasteiger partial charge in [-0.15, -0.1) is 0 Å². The Balaban J connectivity index is 4.54. The molecule has 1 atom stereocenters. The van der Waals surface area contributed by atoms with Crippen LogP contribution in [0, 0.1) is 0 Å². The smallest absolute Gasteiger partial charge is 0.329 e. The molecule has 0 aromatic rings. The maximum atomic E-state index is 12.1. The topological polar surface area (TPSA) is 205 Å². The molecule has 0 saturated heterocycles. The zero-order chi connectivity index (χ0) is 16.2. The standard InChI is InChI=1S/C6H22N6O7P2/c7-1-4-10-16-20(13,14)19-21(15,17-11-5-2-8)18-12-6-3-9/h10-12H,1-9H2,(H,13,14). The fourth-order valence-electron chi connectivity index (χ4n) is 0.748. The summed E-state index contributed by atoms with van der Waals surface area (Å²) in [4.78, 5) is 9.36. The molecule has 0 spiro atoms. The van der Waals surface area contributed by atoms with Gasteiger partial charge in [-0.3, -0.25) is 0 Å². The van der Waals surface area contributed by atoms with E-state index >= 15 is 0 Å². The molecule has 0 rings (SSSR count). The lowest BCUT2D eigenvalue weighted by molar-refractivity contribution is 0.0510. The fraction of sp³-hybridized carbons (Fsp3) is 1.00. The minimum Gasteiger partial charge on any atom is -0.329 e. The molecule has 0 heterocycles. The highest BCUT2D eigenvalue weighted by atomic mass is 31.3. The fourth-order valence-corrected chi connectivity index (χ4v) is 2.95. The Labute approximate surface area is 121 Å². The van der Waals surface area contributed by atoms with Crippen LogP contribution in [0.1, 0.15) is 0 Å². The van der Waals surface area contributed by atoms with E-state index in [0.29, 0.717) is 0 Å². The minimum absolute atomic E-state index is 0.0662. The van der Waals surface area contributed by atoms with Crippen LogP contribution in [0.3, 0.4) is 0 Å². The third kappa shape index (κ3) is 11.3. The molecule has 0 aromatic heterocycles. The highest BCUT2D eigenvalue weighted by Gasteiger charge is 2.39. The maximum absolute atomic E-state index is 12.1. The SMILES string of the molecule is NCCNOP(=O)(O)OP(=O)(ONCCN)ONCCN. The van der Waals surface area contributed by atoms with Crippen molar-refractivity contribution in [1.82, 2.24) is 16.4 Å². The molecular formula is C6H22N6O7P2. The molecule has 13 nitrogen and oxygen atoms in total. The van der Waals surface area contributed by atoms with Crippen LogP contribution < -0.4 is 33.6 Å². The van der Waals surface area contributed by atoms with E-state index in [1.165, 1.54) is 0 Å². The Morgan fingerprint density at radius 2 is 1.19 bits per heavy atom. The minimum atomic E-state index is -4.76. The number of rotatable bonds is 14. The number of hydroxylamine groups is 3. The summed E-state index contributed by atoms with van der Waals surface area (Å²) in [5, 5.41) is 0. The lowest BCUT2D eigenvalue weighted by atomic mass is 10.7. The van der Waals surface area contributed by atoms with Gasteiger partial charge in [-0.05, 0) is 0 Å². The summed E-state index contributed by atoms with van der Waals surface area (Å²) in [5.41, 5.74) is 21.9. The lowest BCUT2D eigenvalue weighted by Gasteiger charge is -2.19. The molecule has 0 aliphatic carbocycles. The van der Waals surface area contributed by atoms with E-state index in [4.69, 9.17) is 17.2 Å². The summed E-state index contributed by atoms with van der Waals surface area (Å²) < 4.78 is 41.4. The van der Waals surface area contributed by atoms with E-state index in [1.54, 1.807) is 0 Å². The van der Waals surface area contributed by atoms with Crippen molar-refractivity contribution in [3.05, 3.63) is 0 Å². The van der Waals surface area contributed by atoms with Crippen LogP contribution in [0.25, 0.3) is 0 Å². The van der Waals surface area contributed by atoms with Gasteiger partial charge in [0.25, 0.3) is 0 Å². The van der Waals surface area contributed by atoms with Crippen LogP contribution in [0.15, 0.2) is 0 Å². The largest absolute Gasteiger partial charge is 0.516 e. The van der Waals surface area contributed by atoms with Crippen molar-refractivity contribution in [3.8, 4) is 0 Å². The van der Waals surface area contributed by atoms with E-state index < -0.39 is 15.6 Å². The van der Waals surface area contributed by atoms with E-state index in [2.05, 4.69) is 34.6 Å². The zero-order valence-corrected chi connectivity index (χ0v) is 13.1. The van der Waals surface area contributed by atoms with Gasteiger partial charge < -0.3 is 22.1 Å². The Kier molecular flexibility index (Phi) is 11.6. The number of nitrogens with two attached hydrogens (primary N) is 3. The van der Waals surface area contributed by atoms with E-state index in [0.717, 1.165) is 0 Å². The zero-order valence-electron chi connectivity index (χ0n) is 11.3. The predicted molar refractivity (Wildman–Crippen MR) is 72.9 cm³/mol. The molecular weight excluding hydrogens is 330 g/mol. The number of hydrogen-bond acceptors (Lipinski definition) is 12. The maximum Gasteiger partial charge on any atom is 0.516 e. The number of nitrogens with one attached hydrogen (secondary N) is 3. The molecule has 0 aromatic carbocycles. The molecule has 15 heteroatoms. The van der Waals surface area contributed by atoms with Crippen molar-refractivity contribution in [2.75, 3.05) is 39.3 Å². The summed E-state index contributed by atoms with van der Waals surface area (Å²) in [6.45, 7) is 0.700. The lowest BCUT2D eigenvalue weighted by Crippen LogP contribution is -2.27. The first-order chi connectivity index (χ1) is 9.89. The van der Waals surface area contributed by atoms with Gasteiger partial charge in [0.15, 0.2) is 0 Å². The molecule has 0 saturated carbocycles. The van der Waals surface area contributed by atoms with Crippen LogP contribution in [0.5, 0.6) is 0 Å². The van der Waals surface area contributed by atoms with Crippen LogP contribution in [0.4, 0.5) is 0 Å². The van der Waals surface area contributed by atoms with Gasteiger partial charge in [-0.25, -0.2) is 9.13 Å². The molecule has 0 radical (unpaired) electrons. The van der Waals surface area contributed by atoms with Crippen molar-refractivity contribution in [1.29, 1.82) is 0 Å². The molecule has 21 heavy (non-hydrogen) atoms. The van der Waals surface area contributed by atoms with Crippen LogP contribution in [-0.4, -0.2) is 44.2 Å². The van der Waals surface area contributed by atoms with Gasteiger partial charge in [0.05, 0.1) is 0 Å². The quantitative estimate of drug-likeness (QED) is 0.0994. The second-order valence-corrected chi connectivity index (χ2v) is 6.35. The van der Waals surface area contributed by atoms with Crippen LogP contribution >= 0.6 is 15.6 Å². The summed E-state index contributed by atoms with van der Waals surface area (Å²) in [7, 11) is -9.25. The number of phosphoric acid groups is 2. The van der Waals surface area contributed by atoms with Crippen molar-refractivity contribution >= 4 is 15.6 Å². The molecule has 0 aliphatic heterocycles. The first-order valence-electron chi connectivity index (χ1n) is 5.88. The van der Waals surface area contributed by atoms with Crippen LogP contribution in [-0.2, 0) is 27.3 Å². The van der Waals surface area contributed by atoms with Crippen molar-refractivity contribution < 1.29 is 32.2 Å². The predicted octanol–water partition coefficient (Wildman–Crippen LogP) is -2.35. The number of hydrogen-bond donors (Lipinski definition) is 7. The first kappa shape index (κ1) is 21.0. The van der Waals surface area contributed by atoms with Gasteiger partial charge in [0.1, 0.15) is 0 Å². The Morgan fingerprint density at radius 1 is 0.810 bits per heavy atom. The highest BCUT2D eigenvalue weighted by molar-refractivity contribution is 7.61. The van der Waals surface area contributed by atoms with Crippen molar-refractivity contribution in [2.24, 2.45) is 17.2 Å². The Hall–Kier alpha value is 0.0200. The summed E-state index contributed by atoms with van der Waals surface area (Å²) in [5.74, 6) is 0. The molecule has 0 amide bonds. The van der Waals surface area contributed by atoms with Gasteiger partial charge in [0.2, 0.25) is 0 Å². The monoisotopic (exact) mass is 352 g/mol. The molecule has 1 unspecified atom stereocenters. The van der Waals surface area contributed by atoms with Gasteiger partial charge >= 0.3 is 15.6 Å². The van der Waals surface area contributed by atoms with Gasteiger partial charge in [-0.1, -0.05) is 0 Å². The summed E-state index contributed by atoms with van der Waals surface area (Å²) in [6, 6.07) is 0. The van der Waals surface area contributed by atoms with Gasteiger partial charge in [0, 0.05) is 39.3 Å². The van der Waals surface area contributed by atoms with E-state index in [-0.39, 0.29) is 39.3 Å². The van der Waals surface area contributed by atoms with Crippen molar-refractivity contribution in [3.63, 3.8) is 0 Å². The second kappa shape index (κ2) is 11.6. The van der Waals surface area contributed by atoms with Gasteiger partial charge in [-0.2, -0.15) is 34.6 Å². The molecule has 0 fully saturated rings. The first-order valence-corrected chi connectivity index (χ1v) is 8.83. The molecule has 0 aliphatic rings.